The molecular weight excluding hydrogens is 542 g/mol. The summed E-state index contributed by atoms with van der Waals surface area (Å²) < 4.78 is 44.2. The summed E-state index contributed by atoms with van der Waals surface area (Å²) in [6, 6.07) is 3.99. The number of ether oxygens (including phenoxy) is 3. The van der Waals surface area contributed by atoms with Gasteiger partial charge in [0.25, 0.3) is 10.0 Å². The zero-order valence-corrected chi connectivity index (χ0v) is 24.1. The minimum Gasteiger partial charge on any atom is -0.489 e. The van der Waals surface area contributed by atoms with Crippen LogP contribution in [0.4, 0.5) is 15.4 Å². The molecule has 1 saturated heterocycles. The number of amides is 2. The summed E-state index contributed by atoms with van der Waals surface area (Å²) in [7, 11) is -4.39. The lowest BCUT2D eigenvalue weighted by molar-refractivity contribution is 0.0126. The minimum absolute atomic E-state index is 0.0677. The van der Waals surface area contributed by atoms with Crippen molar-refractivity contribution in [1.82, 2.24) is 9.88 Å². The van der Waals surface area contributed by atoms with Gasteiger partial charge in [-0.1, -0.05) is 11.6 Å². The van der Waals surface area contributed by atoms with E-state index in [2.05, 4.69) is 4.98 Å². The zero-order valence-electron chi connectivity index (χ0n) is 21.7. The Balaban J connectivity index is 1.73. The van der Waals surface area contributed by atoms with E-state index in [0.29, 0.717) is 36.0 Å². The van der Waals surface area contributed by atoms with Crippen molar-refractivity contribution in [3.8, 4) is 5.75 Å². The Hall–Kier alpha value is -2.57. The predicted octanol–water partition coefficient (Wildman–Crippen LogP) is 5.71. The molecule has 1 aliphatic heterocycles. The molecule has 3 rings (SSSR count). The molecule has 0 spiro atoms. The molecule has 1 fully saturated rings. The van der Waals surface area contributed by atoms with Crippen molar-refractivity contribution in [3.63, 3.8) is 0 Å². The fourth-order valence-corrected chi connectivity index (χ4v) is 5.60. The number of anilines is 1. The first-order valence-corrected chi connectivity index (χ1v) is 14.4. The zero-order chi connectivity index (χ0) is 27.6. The monoisotopic (exact) mass is 573 g/mol. The van der Waals surface area contributed by atoms with Crippen molar-refractivity contribution < 1.29 is 32.2 Å². The number of thiazole rings is 1. The summed E-state index contributed by atoms with van der Waals surface area (Å²) in [5, 5.41) is 1.50. The highest BCUT2D eigenvalue weighted by Gasteiger charge is 2.36. The number of nitrogens with zero attached hydrogens (tertiary/aromatic N) is 3. The lowest BCUT2D eigenvalue weighted by Crippen LogP contribution is -2.44. The number of halogens is 1. The number of aromatic nitrogens is 1. The van der Waals surface area contributed by atoms with Crippen LogP contribution in [0.2, 0.25) is 5.02 Å². The van der Waals surface area contributed by atoms with Crippen molar-refractivity contribution in [2.45, 2.75) is 76.6 Å². The van der Waals surface area contributed by atoms with Gasteiger partial charge < -0.3 is 19.1 Å². The quantitative estimate of drug-likeness (QED) is 0.447. The number of carbonyl (C=O) groups is 2. The van der Waals surface area contributed by atoms with Crippen molar-refractivity contribution in [2.75, 3.05) is 17.4 Å². The molecule has 2 amide bonds. The largest absolute Gasteiger partial charge is 0.489 e. The van der Waals surface area contributed by atoms with Gasteiger partial charge in [-0.15, -0.1) is 15.6 Å². The van der Waals surface area contributed by atoms with Gasteiger partial charge in [0.1, 0.15) is 23.1 Å². The highest BCUT2D eigenvalue weighted by molar-refractivity contribution is 7.93. The summed E-state index contributed by atoms with van der Waals surface area (Å²) in [4.78, 5) is 30.5. The van der Waals surface area contributed by atoms with Gasteiger partial charge in [0.05, 0.1) is 15.4 Å². The molecule has 1 aromatic heterocycles. The van der Waals surface area contributed by atoms with Crippen LogP contribution in [0.5, 0.6) is 5.75 Å². The molecule has 10 nitrogen and oxygen atoms in total. The summed E-state index contributed by atoms with van der Waals surface area (Å²) in [5.74, 6) is 0.223. The molecule has 13 heteroatoms. The molecule has 2 heterocycles. The average Bonchev–Trinajstić information content (AvgIpc) is 3.27. The van der Waals surface area contributed by atoms with Crippen LogP contribution in [-0.4, -0.2) is 60.9 Å². The molecule has 1 aromatic carbocycles. The molecule has 0 bridgehead atoms. The topological polar surface area (TPSA) is 115 Å². The second-order valence-corrected chi connectivity index (χ2v) is 13.4. The molecule has 37 heavy (non-hydrogen) atoms. The van der Waals surface area contributed by atoms with Crippen LogP contribution in [0.15, 0.2) is 34.0 Å². The van der Waals surface area contributed by atoms with Gasteiger partial charge in [-0.25, -0.2) is 23.0 Å². The van der Waals surface area contributed by atoms with Crippen molar-refractivity contribution >= 4 is 51.0 Å². The Bertz CT molecular complexity index is 1210. The van der Waals surface area contributed by atoms with Crippen LogP contribution in [0.3, 0.4) is 0 Å². The van der Waals surface area contributed by atoms with Gasteiger partial charge in [0, 0.05) is 31.3 Å². The van der Waals surface area contributed by atoms with Gasteiger partial charge >= 0.3 is 12.2 Å². The third-order valence-corrected chi connectivity index (χ3v) is 7.55. The number of hydrogen-bond acceptors (Lipinski definition) is 9. The molecule has 1 aliphatic rings. The second-order valence-electron chi connectivity index (χ2n) is 10.5. The van der Waals surface area contributed by atoms with Crippen LogP contribution in [0.25, 0.3) is 0 Å². The molecular formula is C24H32ClN3O7S2. The number of benzene rings is 1. The predicted molar refractivity (Wildman–Crippen MR) is 141 cm³/mol. The maximum absolute atomic E-state index is 13.5. The molecule has 0 N–H and O–H groups in total. The van der Waals surface area contributed by atoms with Crippen molar-refractivity contribution in [1.29, 1.82) is 0 Å². The first-order valence-electron chi connectivity index (χ1n) is 11.7. The number of carbonyl (C=O) groups excluding carboxylic acids is 2. The normalized spacial score (nSPS) is 15.3. The van der Waals surface area contributed by atoms with Gasteiger partial charge in [0.2, 0.25) is 0 Å². The standard InChI is InChI=1S/C24H32ClN3O7S2/c1-23(2,3)34-21(29)27-11-9-16(10-12-27)33-19-8-7-17(13-18(19)25)37(31,32)28(20-14-36-15-26-20)22(30)35-24(4,5)6/h7-8,13-16H,9-12H2,1-6H3. The summed E-state index contributed by atoms with van der Waals surface area (Å²) in [6.45, 7) is 11.3. The Kier molecular flexibility index (Phi) is 8.65. The third-order valence-electron chi connectivity index (χ3n) is 5.02. The second kappa shape index (κ2) is 11.0. The molecule has 0 saturated carbocycles. The van der Waals surface area contributed by atoms with Gasteiger partial charge in [-0.05, 0) is 59.7 Å². The minimum atomic E-state index is -4.39. The Labute approximate surface area is 226 Å². The highest BCUT2D eigenvalue weighted by atomic mass is 35.5. The molecule has 0 radical (unpaired) electrons. The van der Waals surface area contributed by atoms with Gasteiger partial charge in [-0.2, -0.15) is 0 Å². The smallest absolute Gasteiger partial charge is 0.430 e. The van der Waals surface area contributed by atoms with Gasteiger partial charge in [0.15, 0.2) is 5.82 Å². The highest BCUT2D eigenvalue weighted by Crippen LogP contribution is 2.33. The fourth-order valence-electron chi connectivity index (χ4n) is 3.43. The summed E-state index contributed by atoms with van der Waals surface area (Å²) in [6.07, 6.45) is -0.538. The lowest BCUT2D eigenvalue weighted by atomic mass is 10.1. The van der Waals surface area contributed by atoms with E-state index in [1.807, 2.05) is 20.8 Å². The molecule has 0 unspecified atom stereocenters. The van der Waals surface area contributed by atoms with E-state index in [1.54, 1.807) is 25.7 Å². The van der Waals surface area contributed by atoms with E-state index < -0.39 is 27.3 Å². The maximum Gasteiger partial charge on any atom is 0.430 e. The van der Waals surface area contributed by atoms with Crippen LogP contribution in [0.1, 0.15) is 54.4 Å². The van der Waals surface area contributed by atoms with Gasteiger partial charge in [-0.3, -0.25) is 0 Å². The van der Waals surface area contributed by atoms with E-state index in [-0.39, 0.29) is 27.9 Å². The Morgan fingerprint density at radius 2 is 1.70 bits per heavy atom. The average molecular weight is 574 g/mol. The van der Waals surface area contributed by atoms with Crippen LogP contribution in [-0.2, 0) is 19.5 Å². The number of likely N-dealkylation sites (tertiary alicyclic amines) is 1. The van der Waals surface area contributed by atoms with E-state index in [4.69, 9.17) is 25.8 Å². The van der Waals surface area contributed by atoms with Crippen molar-refractivity contribution in [3.05, 3.63) is 34.1 Å². The number of hydrogen-bond donors (Lipinski definition) is 0. The molecule has 204 valence electrons. The molecule has 0 aliphatic carbocycles. The number of rotatable bonds is 5. The van der Waals surface area contributed by atoms with Crippen LogP contribution in [0, 0.1) is 0 Å². The number of sulfonamides is 1. The first kappa shape index (κ1) is 29.0. The summed E-state index contributed by atoms with van der Waals surface area (Å²) >= 11 is 7.54. The van der Waals surface area contributed by atoms with E-state index in [0.717, 1.165) is 11.3 Å². The van der Waals surface area contributed by atoms with E-state index in [1.165, 1.54) is 29.1 Å². The van der Waals surface area contributed by atoms with Crippen LogP contribution < -0.4 is 9.04 Å². The molecule has 0 atom stereocenters. The molecule has 2 aromatic rings. The van der Waals surface area contributed by atoms with E-state index in [9.17, 15) is 18.0 Å². The van der Waals surface area contributed by atoms with E-state index >= 15 is 0 Å². The lowest BCUT2D eigenvalue weighted by Gasteiger charge is -2.33. The third kappa shape index (κ3) is 7.71. The van der Waals surface area contributed by atoms with Crippen LogP contribution >= 0.6 is 22.9 Å². The SMILES string of the molecule is CC(C)(C)OC(=O)N1CCC(Oc2ccc(S(=O)(=O)N(C(=O)OC(C)(C)C)c3cscn3)cc2Cl)CC1. The first-order chi connectivity index (χ1) is 17.1. The summed E-state index contributed by atoms with van der Waals surface area (Å²) in [5.41, 5.74) is -0.0753. The van der Waals surface area contributed by atoms with Crippen molar-refractivity contribution in [2.24, 2.45) is 0 Å². The Morgan fingerprint density at radius 3 is 2.22 bits per heavy atom. The fraction of sp³-hybridized carbons (Fsp3) is 0.542. The maximum atomic E-state index is 13.5. The number of piperidine rings is 1. The Morgan fingerprint density at radius 1 is 1.08 bits per heavy atom.